The Morgan fingerprint density at radius 1 is 0.875 bits per heavy atom. The van der Waals surface area contributed by atoms with Crippen LogP contribution in [0.15, 0.2) is 48.5 Å². The molecule has 2 aromatic carbocycles. The van der Waals surface area contributed by atoms with Gasteiger partial charge in [0, 0.05) is 25.2 Å². The number of hydrogen-bond acceptors (Lipinski definition) is 2. The first-order chi connectivity index (χ1) is 11.7. The third-order valence-electron chi connectivity index (χ3n) is 4.58. The number of likely N-dealkylation sites (tertiary alicyclic amines) is 1. The van der Waals surface area contributed by atoms with Gasteiger partial charge >= 0.3 is 0 Å². The van der Waals surface area contributed by atoms with Crippen molar-refractivity contribution in [3.63, 3.8) is 0 Å². The molecule has 24 heavy (non-hydrogen) atoms. The molecular weight excluding hydrogens is 306 g/mol. The van der Waals surface area contributed by atoms with Crippen LogP contribution in [0.5, 0.6) is 0 Å². The quantitative estimate of drug-likeness (QED) is 0.753. The smallest absolute Gasteiger partial charge is 0.263 e. The van der Waals surface area contributed by atoms with Gasteiger partial charge in [-0.05, 0) is 42.6 Å². The molecule has 0 bridgehead atoms. The standard InChI is InChI=1S/C20H24F2N2/c21-20(22)19-9-7-18(8-10-19)17-5-3-16(4-6-17)15-23-11-14-24-12-1-2-13-24/h3-10,20,23H,1-2,11-15H2. The molecule has 2 aromatic rings. The molecule has 1 N–H and O–H groups in total. The SMILES string of the molecule is FC(F)c1ccc(-c2ccc(CNCCN3CCCC3)cc2)cc1. The van der Waals surface area contributed by atoms with Gasteiger partial charge in [0.25, 0.3) is 6.43 Å². The topological polar surface area (TPSA) is 15.3 Å². The number of hydrogen-bond donors (Lipinski definition) is 1. The summed E-state index contributed by atoms with van der Waals surface area (Å²) in [5, 5.41) is 3.48. The molecule has 2 nitrogen and oxygen atoms in total. The zero-order valence-electron chi connectivity index (χ0n) is 13.8. The van der Waals surface area contributed by atoms with E-state index in [1.54, 1.807) is 12.1 Å². The molecule has 3 rings (SSSR count). The molecule has 0 saturated carbocycles. The molecule has 0 amide bonds. The molecule has 1 heterocycles. The van der Waals surface area contributed by atoms with Gasteiger partial charge in [-0.3, -0.25) is 0 Å². The van der Waals surface area contributed by atoms with E-state index in [0.29, 0.717) is 0 Å². The third kappa shape index (κ3) is 4.62. The minimum atomic E-state index is -2.41. The van der Waals surface area contributed by atoms with Crippen LogP contribution in [-0.2, 0) is 6.54 Å². The Kier molecular flexibility index (Phi) is 5.94. The second-order valence-corrected chi connectivity index (χ2v) is 6.35. The van der Waals surface area contributed by atoms with Crippen molar-refractivity contribution in [3.8, 4) is 11.1 Å². The fourth-order valence-corrected chi connectivity index (χ4v) is 3.11. The average molecular weight is 330 g/mol. The minimum absolute atomic E-state index is 0.0672. The summed E-state index contributed by atoms with van der Waals surface area (Å²) in [6.07, 6.45) is 0.257. The van der Waals surface area contributed by atoms with Crippen LogP contribution in [0.3, 0.4) is 0 Å². The van der Waals surface area contributed by atoms with Crippen molar-refractivity contribution in [1.82, 2.24) is 10.2 Å². The van der Waals surface area contributed by atoms with Crippen LogP contribution >= 0.6 is 0 Å². The first kappa shape index (κ1) is 17.1. The van der Waals surface area contributed by atoms with Gasteiger partial charge in [0.2, 0.25) is 0 Å². The summed E-state index contributed by atoms with van der Waals surface area (Å²) >= 11 is 0. The van der Waals surface area contributed by atoms with Gasteiger partial charge < -0.3 is 10.2 Å². The minimum Gasteiger partial charge on any atom is -0.311 e. The molecular formula is C20H24F2N2. The Morgan fingerprint density at radius 2 is 1.46 bits per heavy atom. The van der Waals surface area contributed by atoms with Crippen molar-refractivity contribution >= 4 is 0 Å². The van der Waals surface area contributed by atoms with E-state index < -0.39 is 6.43 Å². The van der Waals surface area contributed by atoms with E-state index >= 15 is 0 Å². The first-order valence-electron chi connectivity index (χ1n) is 8.63. The zero-order valence-corrected chi connectivity index (χ0v) is 13.8. The van der Waals surface area contributed by atoms with E-state index in [0.717, 1.165) is 30.8 Å². The van der Waals surface area contributed by atoms with Crippen molar-refractivity contribution in [2.75, 3.05) is 26.2 Å². The van der Waals surface area contributed by atoms with Crippen LogP contribution in [0.1, 0.15) is 30.4 Å². The maximum absolute atomic E-state index is 12.6. The van der Waals surface area contributed by atoms with Crippen LogP contribution in [0, 0.1) is 0 Å². The highest BCUT2D eigenvalue weighted by molar-refractivity contribution is 5.64. The molecule has 0 aromatic heterocycles. The summed E-state index contributed by atoms with van der Waals surface area (Å²) in [5.74, 6) is 0. The highest BCUT2D eigenvalue weighted by Gasteiger charge is 2.10. The average Bonchev–Trinajstić information content (AvgIpc) is 3.13. The van der Waals surface area contributed by atoms with E-state index in [1.807, 2.05) is 0 Å². The lowest BCUT2D eigenvalue weighted by molar-refractivity contribution is 0.151. The number of benzene rings is 2. The molecule has 128 valence electrons. The number of rotatable bonds is 7. The van der Waals surface area contributed by atoms with Crippen molar-refractivity contribution in [2.24, 2.45) is 0 Å². The second-order valence-electron chi connectivity index (χ2n) is 6.35. The summed E-state index contributed by atoms with van der Waals surface area (Å²) in [5.41, 5.74) is 3.33. The van der Waals surface area contributed by atoms with Gasteiger partial charge in [-0.25, -0.2) is 8.78 Å². The number of halogens is 2. The third-order valence-corrected chi connectivity index (χ3v) is 4.58. The molecule has 1 saturated heterocycles. The van der Waals surface area contributed by atoms with Crippen LogP contribution < -0.4 is 5.32 Å². The lowest BCUT2D eigenvalue weighted by Gasteiger charge is -2.14. The van der Waals surface area contributed by atoms with Crippen LogP contribution in [-0.4, -0.2) is 31.1 Å². The Bertz CT molecular complexity index is 617. The Labute approximate surface area is 142 Å². The predicted molar refractivity (Wildman–Crippen MR) is 94.2 cm³/mol. The summed E-state index contributed by atoms with van der Waals surface area (Å²) in [6.45, 7) is 5.46. The zero-order chi connectivity index (χ0) is 16.8. The van der Waals surface area contributed by atoms with E-state index in [1.165, 1.54) is 43.6 Å². The molecule has 1 fully saturated rings. The molecule has 1 aliphatic rings. The van der Waals surface area contributed by atoms with Gasteiger partial charge in [-0.2, -0.15) is 0 Å². The molecule has 0 unspecified atom stereocenters. The summed E-state index contributed by atoms with van der Waals surface area (Å²) in [7, 11) is 0. The molecule has 0 aliphatic carbocycles. The Hall–Kier alpha value is -1.78. The lowest BCUT2D eigenvalue weighted by Crippen LogP contribution is -2.29. The molecule has 4 heteroatoms. The summed E-state index contributed by atoms with van der Waals surface area (Å²) in [4.78, 5) is 2.50. The highest BCUT2D eigenvalue weighted by Crippen LogP contribution is 2.24. The summed E-state index contributed by atoms with van der Waals surface area (Å²) < 4.78 is 25.2. The maximum atomic E-state index is 12.6. The van der Waals surface area contributed by atoms with Gasteiger partial charge in [0.15, 0.2) is 0 Å². The second kappa shape index (κ2) is 8.36. The maximum Gasteiger partial charge on any atom is 0.263 e. The first-order valence-corrected chi connectivity index (χ1v) is 8.63. The largest absolute Gasteiger partial charge is 0.311 e. The van der Waals surface area contributed by atoms with Gasteiger partial charge in [0.1, 0.15) is 0 Å². The van der Waals surface area contributed by atoms with Crippen LogP contribution in [0.4, 0.5) is 8.78 Å². The predicted octanol–water partition coefficient (Wildman–Crippen LogP) is 4.48. The molecule has 0 atom stereocenters. The van der Waals surface area contributed by atoms with Gasteiger partial charge in [0.05, 0.1) is 0 Å². The van der Waals surface area contributed by atoms with Gasteiger partial charge in [-0.15, -0.1) is 0 Å². The van der Waals surface area contributed by atoms with Crippen molar-refractivity contribution in [1.29, 1.82) is 0 Å². The van der Waals surface area contributed by atoms with Gasteiger partial charge in [-0.1, -0.05) is 48.5 Å². The fraction of sp³-hybridized carbons (Fsp3) is 0.400. The molecule has 0 spiro atoms. The van der Waals surface area contributed by atoms with Crippen molar-refractivity contribution in [3.05, 3.63) is 59.7 Å². The monoisotopic (exact) mass is 330 g/mol. The summed E-state index contributed by atoms with van der Waals surface area (Å²) in [6, 6.07) is 14.8. The Balaban J connectivity index is 1.49. The van der Waals surface area contributed by atoms with Crippen molar-refractivity contribution < 1.29 is 8.78 Å². The van der Waals surface area contributed by atoms with Crippen LogP contribution in [0.25, 0.3) is 11.1 Å². The van der Waals surface area contributed by atoms with E-state index in [4.69, 9.17) is 0 Å². The molecule has 0 radical (unpaired) electrons. The number of nitrogens with zero attached hydrogens (tertiary/aromatic N) is 1. The lowest BCUT2D eigenvalue weighted by atomic mass is 10.0. The van der Waals surface area contributed by atoms with E-state index in [-0.39, 0.29) is 5.56 Å². The Morgan fingerprint density at radius 3 is 2.04 bits per heavy atom. The number of nitrogens with one attached hydrogen (secondary N) is 1. The highest BCUT2D eigenvalue weighted by atomic mass is 19.3. The number of alkyl halides is 2. The fourth-order valence-electron chi connectivity index (χ4n) is 3.11. The van der Waals surface area contributed by atoms with E-state index in [2.05, 4.69) is 34.5 Å². The van der Waals surface area contributed by atoms with Crippen molar-refractivity contribution in [2.45, 2.75) is 25.8 Å². The van der Waals surface area contributed by atoms with E-state index in [9.17, 15) is 8.78 Å². The normalized spacial score (nSPS) is 15.3. The molecule has 1 aliphatic heterocycles. The van der Waals surface area contributed by atoms with Crippen LogP contribution in [0.2, 0.25) is 0 Å².